The van der Waals surface area contributed by atoms with E-state index in [0.717, 1.165) is 18.7 Å². The van der Waals surface area contributed by atoms with Crippen molar-refractivity contribution in [1.29, 1.82) is 0 Å². The lowest BCUT2D eigenvalue weighted by Crippen LogP contribution is -2.47. The molecule has 0 fully saturated rings. The Bertz CT molecular complexity index is 504. The Morgan fingerprint density at radius 3 is 2.90 bits per heavy atom. The van der Waals surface area contributed by atoms with Crippen LogP contribution in [0.1, 0.15) is 5.56 Å². The van der Waals surface area contributed by atoms with Crippen molar-refractivity contribution in [2.45, 2.75) is 12.5 Å². The molecule has 0 bridgehead atoms. The van der Waals surface area contributed by atoms with E-state index < -0.39 is 12.0 Å². The van der Waals surface area contributed by atoms with Crippen LogP contribution >= 0.6 is 0 Å². The fourth-order valence-electron chi connectivity index (χ4n) is 2.33. The van der Waals surface area contributed by atoms with Crippen molar-refractivity contribution in [1.82, 2.24) is 5.32 Å². The van der Waals surface area contributed by atoms with Crippen LogP contribution in [0.2, 0.25) is 0 Å². The Kier molecular flexibility index (Phi) is 4.57. The minimum atomic E-state index is -1.10. The zero-order chi connectivity index (χ0) is 14.5. The molecule has 1 amide bonds. The number of rotatable bonds is 6. The van der Waals surface area contributed by atoms with Crippen molar-refractivity contribution < 1.29 is 19.4 Å². The largest absolute Gasteiger partial charge is 0.480 e. The number of carbonyl (C=O) groups excluding carboxylic acids is 1. The second kappa shape index (κ2) is 6.38. The summed E-state index contributed by atoms with van der Waals surface area (Å²) in [4.78, 5) is 24.8. The van der Waals surface area contributed by atoms with Crippen LogP contribution in [0.5, 0.6) is 0 Å². The van der Waals surface area contributed by atoms with Gasteiger partial charge in [-0.2, -0.15) is 0 Å². The first-order valence-corrected chi connectivity index (χ1v) is 6.45. The van der Waals surface area contributed by atoms with Gasteiger partial charge in [-0.05, 0) is 18.1 Å². The number of benzene rings is 1. The smallest absolute Gasteiger partial charge is 0.328 e. The minimum absolute atomic E-state index is 0.0440. The van der Waals surface area contributed by atoms with E-state index in [4.69, 9.17) is 9.84 Å². The van der Waals surface area contributed by atoms with Gasteiger partial charge in [0.05, 0.1) is 13.2 Å². The number of para-hydroxylation sites is 1. The maximum atomic E-state index is 11.9. The SMILES string of the molecule is COCC(NC(=O)CN1CCc2ccccc21)C(=O)O. The van der Waals surface area contributed by atoms with Gasteiger partial charge in [0.1, 0.15) is 0 Å². The van der Waals surface area contributed by atoms with Gasteiger partial charge in [0.25, 0.3) is 0 Å². The summed E-state index contributed by atoms with van der Waals surface area (Å²) >= 11 is 0. The van der Waals surface area contributed by atoms with Crippen molar-refractivity contribution in [2.24, 2.45) is 0 Å². The predicted octanol–water partition coefficient (Wildman–Crippen LogP) is 0.265. The first-order chi connectivity index (χ1) is 9.61. The van der Waals surface area contributed by atoms with Crippen molar-refractivity contribution in [3.63, 3.8) is 0 Å². The average molecular weight is 278 g/mol. The first-order valence-electron chi connectivity index (χ1n) is 6.45. The van der Waals surface area contributed by atoms with E-state index in [2.05, 4.69) is 5.32 Å². The van der Waals surface area contributed by atoms with Gasteiger partial charge in [-0.15, -0.1) is 0 Å². The Morgan fingerprint density at radius 1 is 1.45 bits per heavy atom. The molecule has 1 atom stereocenters. The summed E-state index contributed by atoms with van der Waals surface area (Å²) in [5.41, 5.74) is 2.26. The van der Waals surface area contributed by atoms with Gasteiger partial charge in [-0.1, -0.05) is 18.2 Å². The molecular weight excluding hydrogens is 260 g/mol. The Morgan fingerprint density at radius 2 is 2.20 bits per heavy atom. The lowest BCUT2D eigenvalue weighted by Gasteiger charge is -2.20. The summed E-state index contributed by atoms with van der Waals surface area (Å²) in [6.07, 6.45) is 0.907. The maximum absolute atomic E-state index is 11.9. The molecular formula is C14H18N2O4. The molecule has 0 radical (unpaired) electrons. The normalized spacial score (nSPS) is 14.8. The third-order valence-electron chi connectivity index (χ3n) is 3.28. The Hall–Kier alpha value is -2.08. The van der Waals surface area contributed by atoms with Gasteiger partial charge in [-0.3, -0.25) is 4.79 Å². The first kappa shape index (κ1) is 14.3. The van der Waals surface area contributed by atoms with Gasteiger partial charge in [0.2, 0.25) is 5.91 Å². The average Bonchev–Trinajstić information content (AvgIpc) is 2.81. The third-order valence-corrected chi connectivity index (χ3v) is 3.28. The fraction of sp³-hybridized carbons (Fsp3) is 0.429. The van der Waals surface area contributed by atoms with Gasteiger partial charge < -0.3 is 20.1 Å². The zero-order valence-electron chi connectivity index (χ0n) is 11.3. The van der Waals surface area contributed by atoms with Crippen molar-refractivity contribution >= 4 is 17.6 Å². The number of aliphatic carboxylic acids is 1. The molecule has 20 heavy (non-hydrogen) atoms. The molecule has 6 heteroatoms. The van der Waals surface area contributed by atoms with Gasteiger partial charge in [0, 0.05) is 19.3 Å². The summed E-state index contributed by atoms with van der Waals surface area (Å²) in [5.74, 6) is -1.41. The van der Waals surface area contributed by atoms with Crippen LogP contribution in [0.25, 0.3) is 0 Å². The molecule has 0 saturated heterocycles. The molecule has 2 rings (SSSR count). The number of carbonyl (C=O) groups is 2. The maximum Gasteiger partial charge on any atom is 0.328 e. The predicted molar refractivity (Wildman–Crippen MR) is 73.8 cm³/mol. The lowest BCUT2D eigenvalue weighted by molar-refractivity contribution is -0.143. The quantitative estimate of drug-likeness (QED) is 0.780. The number of anilines is 1. The Balaban J connectivity index is 1.94. The highest BCUT2D eigenvalue weighted by atomic mass is 16.5. The number of amides is 1. The van der Waals surface area contributed by atoms with Gasteiger partial charge in [-0.25, -0.2) is 4.79 Å². The molecule has 1 aromatic carbocycles. The summed E-state index contributed by atoms with van der Waals surface area (Å²) in [6, 6.07) is 6.91. The highest BCUT2D eigenvalue weighted by molar-refractivity contribution is 5.87. The number of fused-ring (bicyclic) bond motifs is 1. The van der Waals surface area contributed by atoms with E-state index in [0.29, 0.717) is 0 Å². The molecule has 0 saturated carbocycles. The van der Waals surface area contributed by atoms with Crippen LogP contribution in [0.3, 0.4) is 0 Å². The minimum Gasteiger partial charge on any atom is -0.480 e. The molecule has 1 heterocycles. The number of hydrogen-bond acceptors (Lipinski definition) is 4. The summed E-state index contributed by atoms with van der Waals surface area (Å²) < 4.78 is 4.78. The van der Waals surface area contributed by atoms with Crippen LogP contribution < -0.4 is 10.2 Å². The van der Waals surface area contributed by atoms with Crippen molar-refractivity contribution in [3.8, 4) is 0 Å². The highest BCUT2D eigenvalue weighted by Gasteiger charge is 2.24. The number of nitrogens with one attached hydrogen (secondary N) is 1. The second-order valence-electron chi connectivity index (χ2n) is 4.71. The Labute approximate surface area is 117 Å². The van der Waals surface area contributed by atoms with Crippen LogP contribution in [-0.4, -0.2) is 49.8 Å². The lowest BCUT2D eigenvalue weighted by atomic mass is 10.2. The molecule has 0 aromatic heterocycles. The molecule has 0 spiro atoms. The summed E-state index contributed by atoms with van der Waals surface area (Å²) in [6.45, 7) is 0.886. The van der Waals surface area contributed by atoms with Crippen LogP contribution in [-0.2, 0) is 20.7 Å². The van der Waals surface area contributed by atoms with Crippen LogP contribution in [0, 0.1) is 0 Å². The number of ether oxygens (including phenoxy) is 1. The van der Waals surface area contributed by atoms with E-state index in [1.807, 2.05) is 29.2 Å². The standard InChI is InChI=1S/C14H18N2O4/c1-20-9-11(14(18)19)15-13(17)8-16-7-6-10-4-2-3-5-12(10)16/h2-5,11H,6-9H2,1H3,(H,15,17)(H,18,19). The second-order valence-corrected chi connectivity index (χ2v) is 4.71. The van der Waals surface area contributed by atoms with E-state index in [1.54, 1.807) is 0 Å². The summed E-state index contributed by atoms with van der Waals surface area (Å²) in [7, 11) is 1.40. The zero-order valence-corrected chi connectivity index (χ0v) is 11.3. The topological polar surface area (TPSA) is 78.9 Å². The van der Waals surface area contributed by atoms with Crippen molar-refractivity contribution in [3.05, 3.63) is 29.8 Å². The van der Waals surface area contributed by atoms with E-state index in [1.165, 1.54) is 12.7 Å². The molecule has 108 valence electrons. The number of carboxylic acids is 1. The molecule has 6 nitrogen and oxygen atoms in total. The molecule has 1 unspecified atom stereocenters. The number of methoxy groups -OCH3 is 1. The van der Waals surface area contributed by atoms with Crippen molar-refractivity contribution in [2.75, 3.05) is 31.7 Å². The molecule has 1 aromatic rings. The van der Waals surface area contributed by atoms with Crippen LogP contribution in [0.4, 0.5) is 5.69 Å². The molecule has 1 aliphatic rings. The third kappa shape index (κ3) is 3.27. The number of carboxylic acid groups (broad SMARTS) is 1. The monoisotopic (exact) mass is 278 g/mol. The van der Waals surface area contributed by atoms with E-state index in [-0.39, 0.29) is 19.1 Å². The molecule has 1 aliphatic heterocycles. The molecule has 2 N–H and O–H groups in total. The molecule has 0 aliphatic carbocycles. The fourth-order valence-corrected chi connectivity index (χ4v) is 2.33. The van der Waals surface area contributed by atoms with E-state index >= 15 is 0 Å². The number of hydrogen-bond donors (Lipinski definition) is 2. The van der Waals surface area contributed by atoms with Gasteiger partial charge in [0.15, 0.2) is 6.04 Å². The van der Waals surface area contributed by atoms with Crippen LogP contribution in [0.15, 0.2) is 24.3 Å². The highest BCUT2D eigenvalue weighted by Crippen LogP contribution is 2.26. The van der Waals surface area contributed by atoms with E-state index in [9.17, 15) is 9.59 Å². The summed E-state index contributed by atoms with van der Waals surface area (Å²) in [5, 5.41) is 11.4. The number of nitrogens with zero attached hydrogens (tertiary/aromatic N) is 1. The van der Waals surface area contributed by atoms with Gasteiger partial charge >= 0.3 is 5.97 Å².